The van der Waals surface area contributed by atoms with Crippen LogP contribution in [0.3, 0.4) is 0 Å². The van der Waals surface area contributed by atoms with Gasteiger partial charge in [-0.2, -0.15) is 0 Å². The van der Waals surface area contributed by atoms with E-state index >= 15 is 0 Å². The molecule has 1 rings (SSSR count). The summed E-state index contributed by atoms with van der Waals surface area (Å²) in [5.41, 5.74) is 0. The van der Waals surface area contributed by atoms with E-state index in [4.69, 9.17) is 5.11 Å². The number of rotatable bonds is 2. The number of aliphatic carboxylic acids is 1. The fourth-order valence-corrected chi connectivity index (χ4v) is 0.770. The zero-order valence-electron chi connectivity index (χ0n) is 7.49. The maximum absolute atomic E-state index is 10.2. The molecule has 0 radical (unpaired) electrons. The first kappa shape index (κ1) is 12.0. The Hall–Kier alpha value is 0.0300. The number of aromatic nitrogens is 2. The number of halogens is 1. The molecule has 0 aliphatic rings. The first-order valence-corrected chi connectivity index (χ1v) is 3.66. The van der Waals surface area contributed by atoms with Gasteiger partial charge in [0.15, 0.2) is 0 Å². The summed E-state index contributed by atoms with van der Waals surface area (Å²) >= 11 is 3.14. The Morgan fingerprint density at radius 1 is 1.58 bits per heavy atom. The van der Waals surface area contributed by atoms with Crippen molar-refractivity contribution in [3.8, 4) is 0 Å². The summed E-state index contributed by atoms with van der Waals surface area (Å²) in [6.07, 6.45) is 2.91. The third-order valence-corrected chi connectivity index (χ3v) is 1.39. The molecule has 4 nitrogen and oxygen atoms in total. The molecule has 0 spiro atoms. The van der Waals surface area contributed by atoms with Gasteiger partial charge < -0.3 is 6.53 Å². The number of carboxylic acids is 1. The minimum atomic E-state index is -0.924. The van der Waals surface area contributed by atoms with Crippen molar-refractivity contribution < 1.29 is 40.9 Å². The molecular formula is C6H6BrN2NaO2. The van der Waals surface area contributed by atoms with Crippen LogP contribution >= 0.6 is 15.9 Å². The average Bonchev–Trinajstić information content (AvgIpc) is 1.93. The van der Waals surface area contributed by atoms with Gasteiger partial charge in [0.2, 0.25) is 0 Å². The average molecular weight is 241 g/mol. The number of carbonyl (C=O) groups is 1. The van der Waals surface area contributed by atoms with Crippen LogP contribution in [0.15, 0.2) is 16.9 Å². The largest absolute Gasteiger partial charge is 1.00 e. The van der Waals surface area contributed by atoms with Crippen molar-refractivity contribution in [3.05, 3.63) is 22.7 Å². The zero-order valence-corrected chi connectivity index (χ0v) is 10.1. The van der Waals surface area contributed by atoms with Gasteiger partial charge in [-0.25, -0.2) is 9.97 Å². The van der Waals surface area contributed by atoms with Crippen molar-refractivity contribution >= 4 is 21.9 Å². The van der Waals surface area contributed by atoms with Gasteiger partial charge in [0.05, 0.1) is 4.47 Å². The van der Waals surface area contributed by atoms with Gasteiger partial charge in [-0.1, -0.05) is 0 Å². The van der Waals surface area contributed by atoms with E-state index in [0.717, 1.165) is 4.47 Å². The fraction of sp³-hybridized carbons (Fsp3) is 0.167. The van der Waals surface area contributed by atoms with Crippen LogP contribution < -0.4 is 29.6 Å². The molecule has 0 saturated heterocycles. The van der Waals surface area contributed by atoms with Crippen LogP contribution in [0.4, 0.5) is 0 Å². The first-order chi connectivity index (χ1) is 5.18. The van der Waals surface area contributed by atoms with Gasteiger partial charge in [0.25, 0.3) is 0 Å². The molecule has 60 valence electrons. The Bertz CT molecular complexity index is 270. The monoisotopic (exact) mass is 240 g/mol. The zero-order chi connectivity index (χ0) is 8.27. The van der Waals surface area contributed by atoms with E-state index in [1.807, 2.05) is 0 Å². The third kappa shape index (κ3) is 4.15. The van der Waals surface area contributed by atoms with Crippen molar-refractivity contribution in [3.63, 3.8) is 0 Å². The molecule has 0 unspecified atom stereocenters. The van der Waals surface area contributed by atoms with Gasteiger partial charge >= 0.3 is 35.5 Å². The predicted molar refractivity (Wildman–Crippen MR) is 42.2 cm³/mol. The standard InChI is InChI=1S/C6H5BrN2O2.Na.H/c7-4-2-8-5(9-3-4)1-6(10)11;;/h2-3H,1H2,(H,10,11);;/q;+1;-1. The molecule has 12 heavy (non-hydrogen) atoms. The molecule has 0 aliphatic carbocycles. The molecule has 0 saturated carbocycles. The Balaban J connectivity index is 0. The number of carboxylic acid groups (broad SMARTS) is 1. The van der Waals surface area contributed by atoms with Gasteiger partial charge in [-0.15, -0.1) is 0 Å². The second-order valence-corrected chi connectivity index (χ2v) is 2.80. The SMILES string of the molecule is O=C(O)Cc1ncc(Br)cn1.[H-].[Na+]. The minimum absolute atomic E-state index is 0. The Labute approximate surface area is 101 Å². The summed E-state index contributed by atoms with van der Waals surface area (Å²) in [5.74, 6) is -0.604. The molecule has 1 aromatic heterocycles. The molecule has 6 heteroatoms. The number of hydrogen-bond acceptors (Lipinski definition) is 3. The normalized spacial score (nSPS) is 8.75. The van der Waals surface area contributed by atoms with Crippen molar-refractivity contribution in [2.45, 2.75) is 6.42 Å². The van der Waals surface area contributed by atoms with Gasteiger partial charge in [0, 0.05) is 12.4 Å². The van der Waals surface area contributed by atoms with Crippen LogP contribution in [-0.4, -0.2) is 21.0 Å². The van der Waals surface area contributed by atoms with Crippen LogP contribution in [0, 0.1) is 0 Å². The van der Waals surface area contributed by atoms with Crippen LogP contribution in [0.25, 0.3) is 0 Å². The first-order valence-electron chi connectivity index (χ1n) is 2.86. The second-order valence-electron chi connectivity index (χ2n) is 1.89. The summed E-state index contributed by atoms with van der Waals surface area (Å²) in [5, 5.41) is 8.34. The summed E-state index contributed by atoms with van der Waals surface area (Å²) in [6, 6.07) is 0. The molecule has 0 aliphatic heterocycles. The maximum Gasteiger partial charge on any atom is 1.00 e. The fourth-order valence-electron chi connectivity index (χ4n) is 0.566. The topological polar surface area (TPSA) is 63.1 Å². The summed E-state index contributed by atoms with van der Waals surface area (Å²) in [4.78, 5) is 17.7. The van der Waals surface area contributed by atoms with E-state index in [0.29, 0.717) is 5.82 Å². The van der Waals surface area contributed by atoms with Crippen LogP contribution in [0.1, 0.15) is 7.25 Å². The summed E-state index contributed by atoms with van der Waals surface area (Å²) in [7, 11) is 0. The van der Waals surface area contributed by atoms with E-state index < -0.39 is 5.97 Å². The molecular weight excluding hydrogens is 235 g/mol. The van der Waals surface area contributed by atoms with E-state index in [2.05, 4.69) is 25.9 Å². The second kappa shape index (κ2) is 5.64. The van der Waals surface area contributed by atoms with Crippen LogP contribution in [-0.2, 0) is 11.2 Å². The molecule has 1 N–H and O–H groups in total. The summed E-state index contributed by atoms with van der Waals surface area (Å²) in [6.45, 7) is 0. The predicted octanol–water partition coefficient (Wildman–Crippen LogP) is -2.02. The van der Waals surface area contributed by atoms with Crippen molar-refractivity contribution in [1.29, 1.82) is 0 Å². The molecule has 0 atom stereocenters. The van der Waals surface area contributed by atoms with Crippen molar-refractivity contribution in [2.75, 3.05) is 0 Å². The van der Waals surface area contributed by atoms with E-state index in [1.165, 1.54) is 12.4 Å². The molecule has 1 aromatic rings. The van der Waals surface area contributed by atoms with Crippen LogP contribution in [0.5, 0.6) is 0 Å². The third-order valence-electron chi connectivity index (χ3n) is 0.983. The molecule has 0 bridgehead atoms. The van der Waals surface area contributed by atoms with Gasteiger partial charge in [-0.05, 0) is 15.9 Å². The van der Waals surface area contributed by atoms with E-state index in [1.54, 1.807) is 0 Å². The Kier molecular flexibility index (Phi) is 5.65. The van der Waals surface area contributed by atoms with Gasteiger partial charge in [0.1, 0.15) is 12.2 Å². The minimum Gasteiger partial charge on any atom is -1.00 e. The smallest absolute Gasteiger partial charge is 1.00 e. The quantitative estimate of drug-likeness (QED) is 0.607. The summed E-state index contributed by atoms with van der Waals surface area (Å²) < 4.78 is 0.742. The Morgan fingerprint density at radius 3 is 2.50 bits per heavy atom. The van der Waals surface area contributed by atoms with Crippen molar-refractivity contribution in [2.24, 2.45) is 0 Å². The van der Waals surface area contributed by atoms with E-state index in [-0.39, 0.29) is 37.4 Å². The van der Waals surface area contributed by atoms with E-state index in [9.17, 15) is 4.79 Å². The molecule has 0 aromatic carbocycles. The molecule has 0 fully saturated rings. The van der Waals surface area contributed by atoms with Crippen molar-refractivity contribution in [1.82, 2.24) is 9.97 Å². The Morgan fingerprint density at radius 2 is 2.08 bits per heavy atom. The van der Waals surface area contributed by atoms with Crippen LogP contribution in [0.2, 0.25) is 0 Å². The molecule has 0 amide bonds. The maximum atomic E-state index is 10.2. The number of nitrogens with zero attached hydrogens (tertiary/aromatic N) is 2. The molecule has 1 heterocycles. The van der Waals surface area contributed by atoms with Gasteiger partial charge in [-0.3, -0.25) is 4.79 Å². The number of hydrogen-bond donors (Lipinski definition) is 1.